The van der Waals surface area contributed by atoms with Gasteiger partial charge in [-0.15, -0.1) is 0 Å². The maximum Gasteiger partial charge on any atom is 0.325 e. The van der Waals surface area contributed by atoms with E-state index in [-0.39, 0.29) is 11.1 Å². The molecule has 0 saturated heterocycles. The Hall–Kier alpha value is -2.83. The van der Waals surface area contributed by atoms with Crippen LogP contribution in [0, 0.1) is 0 Å². The van der Waals surface area contributed by atoms with Crippen LogP contribution in [0.4, 0.5) is 0 Å². The zero-order valence-electron chi connectivity index (χ0n) is 11.4. The average Bonchev–Trinajstić information content (AvgIpc) is 2.51. The third kappa shape index (κ3) is 4.07. The van der Waals surface area contributed by atoms with E-state index in [9.17, 15) is 14.4 Å². The second-order valence-electron chi connectivity index (χ2n) is 4.10. The smallest absolute Gasteiger partial charge is 0.325 e. The molecule has 0 unspecified atom stereocenters. The fourth-order valence-corrected chi connectivity index (χ4v) is 1.71. The van der Waals surface area contributed by atoms with Crippen molar-refractivity contribution in [2.75, 3.05) is 0 Å². The highest BCUT2D eigenvalue weighted by Gasteiger charge is 2.23. The molecule has 0 bridgehead atoms. The molecular weight excluding hydrogens is 274 g/mol. The molecule has 0 aliphatic carbocycles. The zero-order valence-corrected chi connectivity index (χ0v) is 11.4. The number of hydrogen-bond donors (Lipinski definition) is 3. The van der Waals surface area contributed by atoms with Crippen LogP contribution in [0.5, 0.6) is 0 Å². The molecule has 0 heterocycles. The van der Waals surface area contributed by atoms with Gasteiger partial charge in [-0.05, 0) is 18.6 Å². The number of nitrogen functional groups attached to an aromatic ring is 1. The van der Waals surface area contributed by atoms with Crippen LogP contribution in [0.25, 0.3) is 5.53 Å². The molecular formula is C13H15N5O3. The number of nitrogens with zero attached hydrogens (tertiary/aromatic N) is 2. The van der Waals surface area contributed by atoms with Crippen LogP contribution in [-0.2, 0) is 4.79 Å². The van der Waals surface area contributed by atoms with E-state index < -0.39 is 23.6 Å². The Morgan fingerprint density at radius 2 is 1.86 bits per heavy atom. The van der Waals surface area contributed by atoms with Crippen LogP contribution >= 0.6 is 0 Å². The molecule has 21 heavy (non-hydrogen) atoms. The molecule has 0 aromatic heterocycles. The third-order valence-corrected chi connectivity index (χ3v) is 2.79. The number of rotatable bonds is 6. The molecule has 1 aromatic rings. The number of carbonyl (C=O) groups excluding carboxylic acids is 3. The van der Waals surface area contributed by atoms with E-state index in [1.807, 2.05) is 5.43 Å². The lowest BCUT2D eigenvalue weighted by molar-refractivity contribution is -0.117. The van der Waals surface area contributed by atoms with Gasteiger partial charge in [0.25, 0.3) is 17.6 Å². The summed E-state index contributed by atoms with van der Waals surface area (Å²) in [5, 5.41) is 2.48. The minimum absolute atomic E-state index is 0.0904. The molecule has 8 nitrogen and oxygen atoms in total. The second-order valence-corrected chi connectivity index (χ2v) is 4.10. The predicted molar refractivity (Wildman–Crippen MR) is 74.3 cm³/mol. The molecule has 1 atom stereocenters. The van der Waals surface area contributed by atoms with Crippen molar-refractivity contribution in [1.29, 1.82) is 0 Å². The number of hydrogen-bond acceptors (Lipinski definition) is 4. The first kappa shape index (κ1) is 16.2. The molecule has 0 fully saturated rings. The molecule has 1 rings (SSSR count). The number of Topliss-reactive ketones (excluding diaryl/α,β-unsaturated/α-hetero) is 1. The van der Waals surface area contributed by atoms with Gasteiger partial charge in [0.15, 0.2) is 0 Å². The number of carbonyl (C=O) groups is 3. The Balaban J connectivity index is 3.01. The molecule has 0 saturated carbocycles. The number of benzene rings is 1. The van der Waals surface area contributed by atoms with Gasteiger partial charge in [-0.3, -0.25) is 19.8 Å². The van der Waals surface area contributed by atoms with Gasteiger partial charge in [0.1, 0.15) is 0 Å². The predicted octanol–water partition coefficient (Wildman–Crippen LogP) is -0.332. The zero-order chi connectivity index (χ0) is 15.8. The lowest BCUT2D eigenvalue weighted by Crippen LogP contribution is -2.42. The van der Waals surface area contributed by atoms with E-state index in [1.54, 1.807) is 19.1 Å². The lowest BCUT2D eigenvalue weighted by Gasteiger charge is -2.14. The van der Waals surface area contributed by atoms with Gasteiger partial charge < -0.3 is 10.8 Å². The average molecular weight is 289 g/mol. The molecule has 1 aromatic carbocycles. The first-order chi connectivity index (χ1) is 10.0. The third-order valence-electron chi connectivity index (χ3n) is 2.79. The summed E-state index contributed by atoms with van der Waals surface area (Å²) < 4.78 is 0. The molecule has 0 radical (unpaired) electrons. The fraction of sp³-hybridized carbons (Fsp3) is 0.231. The van der Waals surface area contributed by atoms with Gasteiger partial charge in [-0.2, -0.15) is 4.79 Å². The van der Waals surface area contributed by atoms with Crippen molar-refractivity contribution < 1.29 is 19.2 Å². The van der Waals surface area contributed by atoms with Gasteiger partial charge in [0, 0.05) is 0 Å². The number of nitrogens with two attached hydrogens (primary N) is 1. The lowest BCUT2D eigenvalue weighted by atomic mass is 10.0. The van der Waals surface area contributed by atoms with Crippen LogP contribution in [0.1, 0.15) is 34.1 Å². The van der Waals surface area contributed by atoms with Crippen LogP contribution in [-0.4, -0.2) is 34.6 Å². The van der Waals surface area contributed by atoms with Crippen molar-refractivity contribution in [3.05, 3.63) is 40.9 Å². The quantitative estimate of drug-likeness (QED) is 0.165. The number of amides is 2. The van der Waals surface area contributed by atoms with Gasteiger partial charge in [0.2, 0.25) is 0 Å². The second kappa shape index (κ2) is 7.68. The molecule has 110 valence electrons. The highest BCUT2D eigenvalue weighted by molar-refractivity contribution is 6.28. The first-order valence-corrected chi connectivity index (χ1v) is 6.17. The van der Waals surface area contributed by atoms with Crippen molar-refractivity contribution in [3.8, 4) is 0 Å². The Morgan fingerprint density at radius 1 is 1.29 bits per heavy atom. The van der Waals surface area contributed by atoms with Gasteiger partial charge >= 0.3 is 6.21 Å². The van der Waals surface area contributed by atoms with Crippen LogP contribution in [0.15, 0.2) is 24.3 Å². The fourth-order valence-electron chi connectivity index (χ4n) is 1.71. The molecule has 4 N–H and O–H groups in total. The van der Waals surface area contributed by atoms with Gasteiger partial charge in [-0.1, -0.05) is 19.1 Å². The minimum Gasteiger partial charge on any atom is -0.361 e. The molecule has 0 aliphatic rings. The van der Waals surface area contributed by atoms with E-state index in [4.69, 9.17) is 11.4 Å². The van der Waals surface area contributed by atoms with E-state index in [1.165, 1.54) is 12.1 Å². The van der Waals surface area contributed by atoms with E-state index in [0.29, 0.717) is 12.6 Å². The van der Waals surface area contributed by atoms with Gasteiger partial charge in [-0.25, -0.2) is 5.84 Å². The topological polar surface area (TPSA) is 138 Å². The summed E-state index contributed by atoms with van der Waals surface area (Å²) in [5.74, 6) is 3.30. The number of nitrogens with one attached hydrogen (secondary N) is 2. The Labute approximate surface area is 120 Å². The van der Waals surface area contributed by atoms with Crippen LogP contribution in [0.2, 0.25) is 0 Å². The van der Waals surface area contributed by atoms with Crippen molar-refractivity contribution in [2.24, 2.45) is 5.84 Å². The molecule has 8 heteroatoms. The Kier molecular flexibility index (Phi) is 5.94. The summed E-state index contributed by atoms with van der Waals surface area (Å²) >= 11 is 0. The highest BCUT2D eigenvalue weighted by atomic mass is 16.2. The van der Waals surface area contributed by atoms with Crippen molar-refractivity contribution in [2.45, 2.75) is 19.4 Å². The number of ketones is 1. The Bertz CT molecular complexity index is 608. The van der Waals surface area contributed by atoms with Crippen molar-refractivity contribution >= 4 is 23.8 Å². The maximum atomic E-state index is 12.2. The molecule has 0 spiro atoms. The largest absolute Gasteiger partial charge is 0.361 e. The Morgan fingerprint density at radius 3 is 2.33 bits per heavy atom. The van der Waals surface area contributed by atoms with E-state index >= 15 is 0 Å². The molecule has 2 amide bonds. The SMILES string of the molecule is CC[C@H](NC(=O)c1ccccc1C(=O)NN)C(=O)C=[N+]=[N-]. The standard InChI is InChI=1S/C13H15N5O3/c1-2-10(11(19)7-16-14)17-12(20)8-5-3-4-6-9(8)13(21)18-15/h3-7,10H,2,15H2,1H3,(H,17,20)(H,18,21)/t10-/m0/s1. The summed E-state index contributed by atoms with van der Waals surface area (Å²) in [6.45, 7) is 1.69. The highest BCUT2D eigenvalue weighted by Crippen LogP contribution is 2.09. The maximum absolute atomic E-state index is 12.2. The van der Waals surface area contributed by atoms with Crippen LogP contribution < -0.4 is 16.6 Å². The summed E-state index contributed by atoms with van der Waals surface area (Å²) in [6, 6.07) is 5.21. The van der Waals surface area contributed by atoms with E-state index in [2.05, 4.69) is 10.1 Å². The van der Waals surface area contributed by atoms with Gasteiger partial charge in [0.05, 0.1) is 17.2 Å². The van der Waals surface area contributed by atoms with Crippen molar-refractivity contribution in [3.63, 3.8) is 0 Å². The summed E-state index contributed by atoms with van der Waals surface area (Å²) in [5.41, 5.74) is 10.5. The van der Waals surface area contributed by atoms with Crippen molar-refractivity contribution in [1.82, 2.24) is 10.7 Å². The normalized spacial score (nSPS) is 11.0. The minimum atomic E-state index is -0.845. The van der Waals surface area contributed by atoms with Crippen LogP contribution in [0.3, 0.4) is 0 Å². The summed E-state index contributed by atoms with van der Waals surface area (Å²) in [6.07, 6.45) is 1.02. The molecule has 0 aliphatic heterocycles. The monoisotopic (exact) mass is 289 g/mol. The summed E-state index contributed by atoms with van der Waals surface area (Å²) in [7, 11) is 0. The van der Waals surface area contributed by atoms with E-state index in [0.717, 1.165) is 0 Å². The number of hydrazine groups is 1. The summed E-state index contributed by atoms with van der Waals surface area (Å²) in [4.78, 5) is 38.0. The first-order valence-electron chi connectivity index (χ1n) is 6.17.